The van der Waals surface area contributed by atoms with Gasteiger partial charge in [0.15, 0.2) is 11.5 Å². The Morgan fingerprint density at radius 3 is 2.68 bits per heavy atom. The molecule has 25 heavy (non-hydrogen) atoms. The summed E-state index contributed by atoms with van der Waals surface area (Å²) in [6, 6.07) is 14.9. The Kier molecular flexibility index (Phi) is 5.35. The van der Waals surface area contributed by atoms with Gasteiger partial charge in [-0.05, 0) is 64.8 Å². The lowest BCUT2D eigenvalue weighted by Gasteiger charge is -2.08. The van der Waals surface area contributed by atoms with Crippen molar-refractivity contribution in [3.8, 4) is 0 Å². The molecule has 0 saturated carbocycles. The Hall–Kier alpha value is -2.80. The highest BCUT2D eigenvalue weighted by Crippen LogP contribution is 2.25. The van der Waals surface area contributed by atoms with Crippen molar-refractivity contribution in [3.63, 3.8) is 0 Å². The van der Waals surface area contributed by atoms with Gasteiger partial charge in [-0.3, -0.25) is 9.78 Å². The molecular weight excluding hydrogens is 382 g/mol. The van der Waals surface area contributed by atoms with Crippen LogP contribution >= 0.6 is 15.9 Å². The molecule has 0 aliphatic rings. The fourth-order valence-corrected chi connectivity index (χ4v) is 2.74. The Labute approximate surface area is 153 Å². The average Bonchev–Trinajstić information content (AvgIpc) is 2.63. The molecule has 2 aromatic heterocycles. The van der Waals surface area contributed by atoms with Crippen LogP contribution in [0, 0.1) is 6.92 Å². The van der Waals surface area contributed by atoms with Gasteiger partial charge in [0.1, 0.15) is 0 Å². The van der Waals surface area contributed by atoms with Gasteiger partial charge in [0, 0.05) is 10.7 Å². The number of aromatic nitrogens is 3. The zero-order chi connectivity index (χ0) is 17.6. The lowest BCUT2D eigenvalue weighted by atomic mass is 10.2. The monoisotopic (exact) mass is 397 g/mol. The minimum Gasteiger partial charge on any atom is -0.345 e. The highest BCUT2D eigenvalue weighted by atomic mass is 79.9. The first-order chi connectivity index (χ1) is 12.1. The molecule has 0 saturated heterocycles. The highest BCUT2D eigenvalue weighted by Gasteiger charge is 2.09. The number of hydrogen-bond donors (Lipinski definition) is 2. The molecule has 3 aromatic rings. The van der Waals surface area contributed by atoms with Crippen LogP contribution in [0.3, 0.4) is 0 Å². The molecule has 3 rings (SSSR count). The average molecular weight is 398 g/mol. The second-order valence-corrected chi connectivity index (χ2v) is 6.27. The maximum absolute atomic E-state index is 12.1. The number of hydrogen-bond acceptors (Lipinski definition) is 5. The van der Waals surface area contributed by atoms with Crippen LogP contribution in [-0.2, 0) is 6.54 Å². The first-order valence-electron chi connectivity index (χ1n) is 7.67. The maximum Gasteiger partial charge on any atom is 0.272 e. The minimum atomic E-state index is -0.291. The molecule has 1 aromatic carbocycles. The Bertz CT molecular complexity index is 868. The van der Waals surface area contributed by atoms with E-state index in [1.54, 1.807) is 18.3 Å². The van der Waals surface area contributed by atoms with E-state index in [1.807, 2.05) is 43.3 Å². The van der Waals surface area contributed by atoms with Crippen molar-refractivity contribution in [1.29, 1.82) is 0 Å². The zero-order valence-corrected chi connectivity index (χ0v) is 15.1. The van der Waals surface area contributed by atoms with Crippen LogP contribution in [0.5, 0.6) is 0 Å². The van der Waals surface area contributed by atoms with Crippen molar-refractivity contribution in [2.24, 2.45) is 0 Å². The highest BCUT2D eigenvalue weighted by molar-refractivity contribution is 9.10. The molecule has 0 aliphatic carbocycles. The Balaban J connectivity index is 1.62. The summed E-state index contributed by atoms with van der Waals surface area (Å²) in [6.45, 7) is 2.37. The van der Waals surface area contributed by atoms with Gasteiger partial charge in [-0.25, -0.2) is 0 Å². The molecule has 7 heteroatoms. The van der Waals surface area contributed by atoms with Gasteiger partial charge in [0.05, 0.1) is 17.9 Å². The lowest BCUT2D eigenvalue weighted by molar-refractivity contribution is 0.0944. The summed E-state index contributed by atoms with van der Waals surface area (Å²) >= 11 is 3.50. The van der Waals surface area contributed by atoms with Crippen molar-refractivity contribution in [1.82, 2.24) is 20.5 Å². The summed E-state index contributed by atoms with van der Waals surface area (Å²) in [5, 5.41) is 14.0. The standard InChI is InChI=1S/C18H16BrN5O/c1-12-5-6-15(14(19)10-12)22-17-8-7-16(23-24-17)18(25)21-11-13-4-2-3-9-20-13/h2-10H,11H2,1H3,(H,21,25)(H,22,24). The number of rotatable bonds is 5. The van der Waals surface area contributed by atoms with Crippen molar-refractivity contribution >= 4 is 33.3 Å². The number of carbonyl (C=O) groups excluding carboxylic acids is 1. The third-order valence-corrected chi connectivity index (χ3v) is 4.10. The van der Waals surface area contributed by atoms with E-state index in [-0.39, 0.29) is 11.6 Å². The topological polar surface area (TPSA) is 79.8 Å². The molecule has 0 bridgehead atoms. The second kappa shape index (κ2) is 7.85. The number of halogens is 1. The second-order valence-electron chi connectivity index (χ2n) is 5.42. The van der Waals surface area contributed by atoms with E-state index in [1.165, 1.54) is 0 Å². The summed E-state index contributed by atoms with van der Waals surface area (Å²) in [6.07, 6.45) is 1.69. The molecule has 126 valence electrons. The van der Waals surface area contributed by atoms with Crippen LogP contribution < -0.4 is 10.6 Å². The van der Waals surface area contributed by atoms with Crippen LogP contribution in [0.4, 0.5) is 11.5 Å². The van der Waals surface area contributed by atoms with E-state index < -0.39 is 0 Å². The zero-order valence-electron chi connectivity index (χ0n) is 13.5. The molecule has 0 unspecified atom stereocenters. The molecule has 6 nitrogen and oxygen atoms in total. The Morgan fingerprint density at radius 2 is 2.00 bits per heavy atom. The summed E-state index contributed by atoms with van der Waals surface area (Å²) in [5.74, 6) is 0.270. The predicted molar refractivity (Wildman–Crippen MR) is 99.6 cm³/mol. The summed E-state index contributed by atoms with van der Waals surface area (Å²) in [5.41, 5.74) is 3.08. The number of anilines is 2. The first kappa shape index (κ1) is 17.0. The summed E-state index contributed by atoms with van der Waals surface area (Å²) < 4.78 is 0.937. The van der Waals surface area contributed by atoms with E-state index in [9.17, 15) is 4.79 Å². The fourth-order valence-electron chi connectivity index (χ4n) is 2.14. The van der Waals surface area contributed by atoms with Crippen molar-refractivity contribution < 1.29 is 4.79 Å². The first-order valence-corrected chi connectivity index (χ1v) is 8.46. The van der Waals surface area contributed by atoms with Crippen molar-refractivity contribution in [2.75, 3.05) is 5.32 Å². The van der Waals surface area contributed by atoms with E-state index >= 15 is 0 Å². The molecule has 0 aliphatic heterocycles. The number of carbonyl (C=O) groups is 1. The molecular formula is C18H16BrN5O. The SMILES string of the molecule is Cc1ccc(Nc2ccc(C(=O)NCc3ccccn3)nn2)c(Br)c1. The van der Waals surface area contributed by atoms with Gasteiger partial charge >= 0.3 is 0 Å². The molecule has 0 atom stereocenters. The molecule has 2 N–H and O–H groups in total. The smallest absolute Gasteiger partial charge is 0.272 e. The van der Waals surface area contributed by atoms with Gasteiger partial charge in [-0.15, -0.1) is 10.2 Å². The van der Waals surface area contributed by atoms with Gasteiger partial charge in [0.2, 0.25) is 0 Å². The molecule has 1 amide bonds. The lowest BCUT2D eigenvalue weighted by Crippen LogP contribution is -2.24. The number of amides is 1. The van der Waals surface area contributed by atoms with Crippen LogP contribution in [0.25, 0.3) is 0 Å². The van der Waals surface area contributed by atoms with Gasteiger partial charge in [-0.1, -0.05) is 12.1 Å². The molecule has 0 radical (unpaired) electrons. The maximum atomic E-state index is 12.1. The molecule has 2 heterocycles. The van der Waals surface area contributed by atoms with Crippen molar-refractivity contribution in [3.05, 3.63) is 76.2 Å². The van der Waals surface area contributed by atoms with Crippen molar-refractivity contribution in [2.45, 2.75) is 13.5 Å². The normalized spacial score (nSPS) is 10.3. The quantitative estimate of drug-likeness (QED) is 0.687. The predicted octanol–water partition coefficient (Wildman–Crippen LogP) is 3.62. The number of nitrogens with zero attached hydrogens (tertiary/aromatic N) is 3. The van der Waals surface area contributed by atoms with E-state index in [4.69, 9.17) is 0 Å². The van der Waals surface area contributed by atoms with Gasteiger partial charge in [-0.2, -0.15) is 0 Å². The molecule has 0 fully saturated rings. The number of benzene rings is 1. The third kappa shape index (κ3) is 4.60. The van der Waals surface area contributed by atoms with E-state index in [0.29, 0.717) is 12.4 Å². The Morgan fingerprint density at radius 1 is 1.12 bits per heavy atom. The van der Waals surface area contributed by atoms with Crippen LogP contribution in [0.1, 0.15) is 21.7 Å². The van der Waals surface area contributed by atoms with Crippen LogP contribution in [0.15, 0.2) is 59.2 Å². The summed E-state index contributed by atoms with van der Waals surface area (Å²) in [7, 11) is 0. The number of nitrogens with one attached hydrogen (secondary N) is 2. The fraction of sp³-hybridized carbons (Fsp3) is 0.111. The molecule has 0 spiro atoms. The largest absolute Gasteiger partial charge is 0.345 e. The van der Waals surface area contributed by atoms with Gasteiger partial charge < -0.3 is 10.6 Å². The van der Waals surface area contributed by atoms with Gasteiger partial charge in [0.25, 0.3) is 5.91 Å². The van der Waals surface area contributed by atoms with Crippen LogP contribution in [0.2, 0.25) is 0 Å². The third-order valence-electron chi connectivity index (χ3n) is 3.44. The number of aryl methyl sites for hydroxylation is 1. The van der Waals surface area contributed by atoms with E-state index in [0.717, 1.165) is 21.4 Å². The van der Waals surface area contributed by atoms with E-state index in [2.05, 4.69) is 41.7 Å². The van der Waals surface area contributed by atoms with Crippen LogP contribution in [-0.4, -0.2) is 21.1 Å². The number of pyridine rings is 1. The minimum absolute atomic E-state index is 0.254. The summed E-state index contributed by atoms with van der Waals surface area (Å²) in [4.78, 5) is 16.3.